The molecule has 0 aliphatic rings. The SMILES string of the molecule is CCN(CC)C(=O)c1nc(C(=O)NCc2ccco2)c2ccccn12. The van der Waals surface area contributed by atoms with Gasteiger partial charge in [0.25, 0.3) is 11.8 Å². The summed E-state index contributed by atoms with van der Waals surface area (Å²) in [5.74, 6) is 0.341. The zero-order chi connectivity index (χ0) is 17.8. The molecule has 0 saturated carbocycles. The number of imidazole rings is 1. The number of hydrogen-bond acceptors (Lipinski definition) is 4. The topological polar surface area (TPSA) is 79.8 Å². The Kier molecular flexibility index (Phi) is 4.83. The molecular weight excluding hydrogens is 320 g/mol. The smallest absolute Gasteiger partial charge is 0.290 e. The fraction of sp³-hybridized carbons (Fsp3) is 0.278. The Morgan fingerprint density at radius 3 is 2.68 bits per heavy atom. The molecule has 3 aromatic heterocycles. The molecule has 0 aliphatic heterocycles. The Morgan fingerprint density at radius 2 is 2.00 bits per heavy atom. The molecule has 0 radical (unpaired) electrons. The average molecular weight is 340 g/mol. The van der Waals surface area contributed by atoms with Gasteiger partial charge in [0.1, 0.15) is 5.76 Å². The number of carbonyl (C=O) groups excluding carboxylic acids is 2. The number of furan rings is 1. The number of nitrogens with zero attached hydrogens (tertiary/aromatic N) is 3. The lowest BCUT2D eigenvalue weighted by atomic mass is 10.3. The zero-order valence-corrected chi connectivity index (χ0v) is 14.2. The van der Waals surface area contributed by atoms with Gasteiger partial charge in [0.2, 0.25) is 5.82 Å². The molecule has 0 unspecified atom stereocenters. The van der Waals surface area contributed by atoms with Crippen molar-refractivity contribution < 1.29 is 14.0 Å². The summed E-state index contributed by atoms with van der Waals surface area (Å²) in [6.45, 7) is 5.24. The van der Waals surface area contributed by atoms with E-state index >= 15 is 0 Å². The number of nitrogens with one attached hydrogen (secondary N) is 1. The van der Waals surface area contributed by atoms with Crippen molar-refractivity contribution in [1.82, 2.24) is 19.6 Å². The van der Waals surface area contributed by atoms with Gasteiger partial charge in [0.05, 0.1) is 18.3 Å². The fourth-order valence-corrected chi connectivity index (χ4v) is 2.67. The summed E-state index contributed by atoms with van der Waals surface area (Å²) < 4.78 is 6.87. The minimum absolute atomic E-state index is 0.198. The van der Waals surface area contributed by atoms with Gasteiger partial charge in [-0.05, 0) is 38.1 Å². The molecule has 0 spiro atoms. The van der Waals surface area contributed by atoms with E-state index in [1.165, 1.54) is 0 Å². The highest BCUT2D eigenvalue weighted by molar-refractivity contribution is 6.02. The first-order valence-electron chi connectivity index (χ1n) is 8.22. The van der Waals surface area contributed by atoms with Gasteiger partial charge in [0, 0.05) is 19.3 Å². The molecule has 3 aromatic rings. The third kappa shape index (κ3) is 3.26. The van der Waals surface area contributed by atoms with Crippen LogP contribution in [0.3, 0.4) is 0 Å². The predicted molar refractivity (Wildman–Crippen MR) is 92.3 cm³/mol. The third-order valence-corrected chi connectivity index (χ3v) is 4.01. The van der Waals surface area contributed by atoms with Crippen LogP contribution in [0.2, 0.25) is 0 Å². The summed E-state index contributed by atoms with van der Waals surface area (Å²) in [4.78, 5) is 31.3. The quantitative estimate of drug-likeness (QED) is 0.747. The number of aromatic nitrogens is 2. The Hall–Kier alpha value is -3.09. The van der Waals surface area contributed by atoms with Crippen LogP contribution in [0.4, 0.5) is 0 Å². The molecule has 0 fully saturated rings. The largest absolute Gasteiger partial charge is 0.467 e. The number of amides is 2. The predicted octanol–water partition coefficient (Wildman–Crippen LogP) is 2.34. The van der Waals surface area contributed by atoms with Crippen LogP contribution in [0.25, 0.3) is 5.52 Å². The number of fused-ring (bicyclic) bond motifs is 1. The first kappa shape index (κ1) is 16.8. The summed E-state index contributed by atoms with van der Waals surface area (Å²) in [6.07, 6.45) is 3.29. The van der Waals surface area contributed by atoms with E-state index in [4.69, 9.17) is 4.42 Å². The van der Waals surface area contributed by atoms with E-state index in [0.717, 1.165) is 0 Å². The van der Waals surface area contributed by atoms with Crippen molar-refractivity contribution in [2.75, 3.05) is 13.1 Å². The number of pyridine rings is 1. The molecule has 0 aliphatic carbocycles. The summed E-state index contributed by atoms with van der Waals surface area (Å²) >= 11 is 0. The van der Waals surface area contributed by atoms with Crippen LogP contribution in [-0.4, -0.2) is 39.2 Å². The van der Waals surface area contributed by atoms with E-state index in [1.807, 2.05) is 19.9 Å². The van der Waals surface area contributed by atoms with Gasteiger partial charge in [-0.25, -0.2) is 4.98 Å². The van der Waals surface area contributed by atoms with Gasteiger partial charge in [0.15, 0.2) is 5.69 Å². The second-order valence-corrected chi connectivity index (χ2v) is 5.48. The van der Waals surface area contributed by atoms with Crippen LogP contribution in [0.15, 0.2) is 47.2 Å². The Balaban J connectivity index is 1.93. The van der Waals surface area contributed by atoms with E-state index in [9.17, 15) is 9.59 Å². The highest BCUT2D eigenvalue weighted by Crippen LogP contribution is 2.15. The van der Waals surface area contributed by atoms with Crippen molar-refractivity contribution in [3.8, 4) is 0 Å². The highest BCUT2D eigenvalue weighted by Gasteiger charge is 2.23. The van der Waals surface area contributed by atoms with Crippen LogP contribution >= 0.6 is 0 Å². The van der Waals surface area contributed by atoms with Crippen LogP contribution < -0.4 is 5.32 Å². The van der Waals surface area contributed by atoms with E-state index < -0.39 is 0 Å². The minimum atomic E-state index is -0.348. The molecule has 1 N–H and O–H groups in total. The second kappa shape index (κ2) is 7.21. The van der Waals surface area contributed by atoms with Gasteiger partial charge in [-0.15, -0.1) is 0 Å². The molecular formula is C18H20N4O3. The van der Waals surface area contributed by atoms with E-state index in [2.05, 4.69) is 10.3 Å². The monoisotopic (exact) mass is 340 g/mol. The molecule has 25 heavy (non-hydrogen) atoms. The summed E-state index contributed by atoms with van der Waals surface area (Å²) in [5, 5.41) is 2.77. The molecule has 3 heterocycles. The fourth-order valence-electron chi connectivity index (χ4n) is 2.67. The molecule has 0 bridgehead atoms. The Bertz CT molecular complexity index is 879. The lowest BCUT2D eigenvalue weighted by molar-refractivity contribution is 0.0760. The third-order valence-electron chi connectivity index (χ3n) is 4.01. The molecule has 0 atom stereocenters. The minimum Gasteiger partial charge on any atom is -0.467 e. The maximum absolute atomic E-state index is 12.7. The molecule has 0 saturated heterocycles. The maximum Gasteiger partial charge on any atom is 0.290 e. The van der Waals surface area contributed by atoms with Gasteiger partial charge in [-0.2, -0.15) is 0 Å². The van der Waals surface area contributed by atoms with Gasteiger partial charge >= 0.3 is 0 Å². The highest BCUT2D eigenvalue weighted by atomic mass is 16.3. The van der Waals surface area contributed by atoms with Crippen molar-refractivity contribution >= 4 is 17.3 Å². The second-order valence-electron chi connectivity index (χ2n) is 5.48. The van der Waals surface area contributed by atoms with Gasteiger partial charge in [-0.3, -0.25) is 14.0 Å². The van der Waals surface area contributed by atoms with E-state index in [1.54, 1.807) is 46.0 Å². The summed E-state index contributed by atoms with van der Waals surface area (Å²) in [6, 6.07) is 8.92. The van der Waals surface area contributed by atoms with Crippen molar-refractivity contribution in [3.63, 3.8) is 0 Å². The van der Waals surface area contributed by atoms with Crippen LogP contribution in [0.1, 0.15) is 40.7 Å². The average Bonchev–Trinajstić information content (AvgIpc) is 3.28. The Labute approximate surface area is 145 Å². The molecule has 130 valence electrons. The number of hydrogen-bond donors (Lipinski definition) is 1. The van der Waals surface area contributed by atoms with E-state index in [0.29, 0.717) is 24.4 Å². The number of rotatable bonds is 6. The van der Waals surface area contributed by atoms with Crippen molar-refractivity contribution in [1.29, 1.82) is 0 Å². The zero-order valence-electron chi connectivity index (χ0n) is 14.2. The molecule has 7 heteroatoms. The first-order chi connectivity index (χ1) is 12.2. The van der Waals surface area contributed by atoms with Crippen LogP contribution in [0.5, 0.6) is 0 Å². The first-order valence-corrected chi connectivity index (χ1v) is 8.22. The molecule has 7 nitrogen and oxygen atoms in total. The van der Waals surface area contributed by atoms with Crippen LogP contribution in [0, 0.1) is 0 Å². The van der Waals surface area contributed by atoms with Gasteiger partial charge in [-0.1, -0.05) is 6.07 Å². The lowest BCUT2D eigenvalue weighted by Gasteiger charge is -2.17. The van der Waals surface area contributed by atoms with Crippen molar-refractivity contribution in [2.45, 2.75) is 20.4 Å². The molecule has 0 aromatic carbocycles. The van der Waals surface area contributed by atoms with E-state index in [-0.39, 0.29) is 29.9 Å². The lowest BCUT2D eigenvalue weighted by Crippen LogP contribution is -2.32. The maximum atomic E-state index is 12.7. The number of carbonyl (C=O) groups is 2. The standard InChI is InChI=1S/C18H20N4O3/c1-3-21(4-2)18(24)16-20-15(14-9-5-6-10-22(14)16)17(23)19-12-13-8-7-11-25-13/h5-11H,3-4,12H2,1-2H3,(H,19,23). The van der Waals surface area contributed by atoms with Crippen molar-refractivity contribution in [3.05, 3.63) is 60.1 Å². The Morgan fingerprint density at radius 1 is 1.20 bits per heavy atom. The summed E-state index contributed by atoms with van der Waals surface area (Å²) in [5.41, 5.74) is 0.817. The van der Waals surface area contributed by atoms with Crippen molar-refractivity contribution in [2.24, 2.45) is 0 Å². The molecule has 2 amide bonds. The molecule has 3 rings (SSSR count). The summed E-state index contributed by atoms with van der Waals surface area (Å²) in [7, 11) is 0. The van der Waals surface area contributed by atoms with Gasteiger partial charge < -0.3 is 14.6 Å². The normalized spacial score (nSPS) is 10.8. The van der Waals surface area contributed by atoms with Crippen LogP contribution in [-0.2, 0) is 6.54 Å².